The molecule has 1 heterocycles. The smallest absolute Gasteiger partial charge is 0.269 e. The lowest BCUT2D eigenvalue weighted by Gasteiger charge is -2.36. The first-order valence-corrected chi connectivity index (χ1v) is 9.84. The van der Waals surface area contributed by atoms with Crippen LogP contribution in [0.4, 0.5) is 36.2 Å². The Bertz CT molecular complexity index is 1030. The quantitative estimate of drug-likeness (QED) is 0.157. The molecule has 0 radical (unpaired) electrons. The van der Waals surface area contributed by atoms with E-state index in [2.05, 4.69) is 20.7 Å². The van der Waals surface area contributed by atoms with Crippen molar-refractivity contribution in [2.75, 3.05) is 10.6 Å². The van der Waals surface area contributed by atoms with Crippen molar-refractivity contribution in [2.45, 2.75) is 37.3 Å². The molecule has 2 atom stereocenters. The SMILES string of the molecule is N=CC=N[NH2+]c1cccc(Nc2nc(NC3C(N)CCCC3(F)F)c(F)cc2C(N)=O)c1. The number of carbonyl (C=O) groups is 1. The van der Waals surface area contributed by atoms with Crippen LogP contribution in [-0.4, -0.2) is 41.3 Å². The number of rotatable bonds is 8. The average molecular weight is 449 g/mol. The van der Waals surface area contributed by atoms with Gasteiger partial charge >= 0.3 is 0 Å². The second-order valence-corrected chi connectivity index (χ2v) is 7.36. The normalized spacial score (nSPS) is 20.1. The van der Waals surface area contributed by atoms with Gasteiger partial charge in [0, 0.05) is 36.5 Å². The van der Waals surface area contributed by atoms with Crippen molar-refractivity contribution in [3.63, 3.8) is 0 Å². The maximum atomic E-state index is 14.6. The zero-order valence-corrected chi connectivity index (χ0v) is 17.0. The van der Waals surface area contributed by atoms with E-state index in [9.17, 15) is 18.0 Å². The zero-order valence-electron chi connectivity index (χ0n) is 17.0. The summed E-state index contributed by atoms with van der Waals surface area (Å²) in [5.74, 6) is -5.64. The fourth-order valence-corrected chi connectivity index (χ4v) is 3.45. The Morgan fingerprint density at radius 1 is 1.34 bits per heavy atom. The van der Waals surface area contributed by atoms with Crippen molar-refractivity contribution < 1.29 is 23.4 Å². The van der Waals surface area contributed by atoms with Gasteiger partial charge in [-0.25, -0.2) is 18.2 Å². The minimum Gasteiger partial charge on any atom is -0.365 e. The van der Waals surface area contributed by atoms with Crippen LogP contribution in [0.25, 0.3) is 0 Å². The van der Waals surface area contributed by atoms with Crippen molar-refractivity contribution in [1.82, 2.24) is 4.98 Å². The number of nitrogens with zero attached hydrogens (tertiary/aromatic N) is 2. The Balaban J connectivity index is 1.92. The number of hydrogen-bond donors (Lipinski definition) is 6. The first-order chi connectivity index (χ1) is 15.2. The lowest BCUT2D eigenvalue weighted by atomic mass is 9.87. The summed E-state index contributed by atoms with van der Waals surface area (Å²) in [7, 11) is 0. The molecule has 170 valence electrons. The monoisotopic (exact) mass is 449 g/mol. The second-order valence-electron chi connectivity index (χ2n) is 7.36. The summed E-state index contributed by atoms with van der Waals surface area (Å²) in [4.78, 5) is 15.9. The van der Waals surface area contributed by atoms with Gasteiger partial charge in [-0.05, 0) is 25.0 Å². The van der Waals surface area contributed by atoms with Gasteiger partial charge in [-0.2, -0.15) is 5.43 Å². The number of amides is 1. The van der Waals surface area contributed by atoms with Crippen LogP contribution in [0.1, 0.15) is 29.6 Å². The number of nitrogens with two attached hydrogens (primary N) is 3. The van der Waals surface area contributed by atoms with Crippen molar-refractivity contribution in [3.05, 3.63) is 41.7 Å². The van der Waals surface area contributed by atoms with Crippen molar-refractivity contribution in [3.8, 4) is 0 Å². The minimum absolute atomic E-state index is 0.103. The van der Waals surface area contributed by atoms with E-state index in [1.165, 1.54) is 11.6 Å². The highest BCUT2D eigenvalue weighted by molar-refractivity contribution is 6.14. The molecule has 0 bridgehead atoms. The number of anilines is 3. The topological polar surface area (TPSA) is 159 Å². The third-order valence-corrected chi connectivity index (χ3v) is 5.00. The van der Waals surface area contributed by atoms with E-state index >= 15 is 0 Å². The Hall–Kier alpha value is -3.51. The van der Waals surface area contributed by atoms with Gasteiger partial charge in [0.2, 0.25) is 0 Å². The van der Waals surface area contributed by atoms with Gasteiger partial charge in [-0.1, -0.05) is 11.2 Å². The molecule has 1 aliphatic carbocycles. The number of halogens is 3. The number of quaternary nitrogens is 1. The molecule has 1 fully saturated rings. The fraction of sp³-hybridized carbons (Fsp3) is 0.300. The summed E-state index contributed by atoms with van der Waals surface area (Å²) in [6, 6.07) is 5.22. The zero-order chi connectivity index (χ0) is 23.3. The Labute approximate surface area is 182 Å². The van der Waals surface area contributed by atoms with E-state index in [-0.39, 0.29) is 24.2 Å². The highest BCUT2D eigenvalue weighted by atomic mass is 19.3. The van der Waals surface area contributed by atoms with E-state index in [1.54, 1.807) is 24.3 Å². The predicted molar refractivity (Wildman–Crippen MR) is 115 cm³/mol. The van der Waals surface area contributed by atoms with Crippen LogP contribution in [0, 0.1) is 11.2 Å². The predicted octanol–water partition coefficient (Wildman–Crippen LogP) is 1.82. The summed E-state index contributed by atoms with van der Waals surface area (Å²) in [6.45, 7) is 0. The average Bonchev–Trinajstić information content (AvgIpc) is 2.73. The van der Waals surface area contributed by atoms with Crippen LogP contribution >= 0.6 is 0 Å². The molecule has 1 aliphatic rings. The molecular weight excluding hydrogens is 425 g/mol. The molecule has 9 N–H and O–H groups in total. The number of pyridine rings is 1. The van der Waals surface area contributed by atoms with E-state index in [0.717, 1.165) is 12.3 Å². The molecule has 12 heteroatoms. The first kappa shape index (κ1) is 23.2. The number of benzene rings is 1. The molecule has 1 saturated carbocycles. The van der Waals surface area contributed by atoms with Gasteiger partial charge < -0.3 is 27.5 Å². The fourth-order valence-electron chi connectivity index (χ4n) is 3.45. The maximum Gasteiger partial charge on any atom is 0.269 e. The van der Waals surface area contributed by atoms with Crippen molar-refractivity contribution in [1.29, 1.82) is 5.41 Å². The number of hydrogen-bond acceptors (Lipinski definition) is 7. The lowest BCUT2D eigenvalue weighted by molar-refractivity contribution is -0.576. The maximum absolute atomic E-state index is 14.6. The summed E-state index contributed by atoms with van der Waals surface area (Å²) in [6.07, 6.45) is 2.58. The molecule has 1 aromatic carbocycles. The summed E-state index contributed by atoms with van der Waals surface area (Å²) in [5, 5.41) is 16.1. The molecule has 9 nitrogen and oxygen atoms in total. The Morgan fingerprint density at radius 2 is 2.12 bits per heavy atom. The van der Waals surface area contributed by atoms with Gasteiger partial charge in [0.1, 0.15) is 18.1 Å². The van der Waals surface area contributed by atoms with Gasteiger partial charge in [-0.15, -0.1) is 0 Å². The van der Waals surface area contributed by atoms with Crippen LogP contribution < -0.4 is 27.5 Å². The first-order valence-electron chi connectivity index (χ1n) is 9.84. The highest BCUT2D eigenvalue weighted by Crippen LogP contribution is 2.35. The molecule has 1 amide bonds. The molecule has 0 aliphatic heterocycles. The van der Waals surface area contributed by atoms with Crippen LogP contribution in [0.5, 0.6) is 0 Å². The number of nitrogens with one attached hydrogen (secondary N) is 3. The van der Waals surface area contributed by atoms with E-state index < -0.39 is 35.5 Å². The van der Waals surface area contributed by atoms with Crippen molar-refractivity contribution in [2.24, 2.45) is 16.6 Å². The standard InChI is InChI=1S/C20H23F3N8O/c21-14-10-13(17(26)32)18(28-11-3-1-4-12(9-11)31-27-8-7-24)30-19(14)29-16-15(25)5-2-6-20(16,22)23/h1,3-4,7-10,15-16,24,31H,2,5-6,25H2,(H2,26,32)(H2,28,29,30)/p+1. The minimum atomic E-state index is -3.14. The Morgan fingerprint density at radius 3 is 2.81 bits per heavy atom. The summed E-state index contributed by atoms with van der Waals surface area (Å²) >= 11 is 0. The van der Waals surface area contributed by atoms with Crippen LogP contribution in [0.3, 0.4) is 0 Å². The van der Waals surface area contributed by atoms with E-state index in [4.69, 9.17) is 16.9 Å². The summed E-state index contributed by atoms with van der Waals surface area (Å²) in [5.41, 5.74) is 13.6. The third kappa shape index (κ3) is 5.39. The summed E-state index contributed by atoms with van der Waals surface area (Å²) < 4.78 is 43.3. The molecular formula is C20H24F3N8O+. The Kier molecular flexibility index (Phi) is 7.05. The van der Waals surface area contributed by atoms with E-state index in [1.807, 2.05) is 0 Å². The van der Waals surface area contributed by atoms with Crippen LogP contribution in [-0.2, 0) is 0 Å². The van der Waals surface area contributed by atoms with Gasteiger partial charge in [-0.3, -0.25) is 4.79 Å². The molecule has 3 rings (SSSR count). The second kappa shape index (κ2) is 9.75. The molecule has 0 saturated heterocycles. The largest absolute Gasteiger partial charge is 0.365 e. The number of primary amides is 1. The van der Waals surface area contributed by atoms with Crippen LogP contribution in [0.2, 0.25) is 0 Å². The van der Waals surface area contributed by atoms with Crippen molar-refractivity contribution >= 4 is 41.3 Å². The van der Waals surface area contributed by atoms with Crippen LogP contribution in [0.15, 0.2) is 35.4 Å². The van der Waals surface area contributed by atoms with Gasteiger partial charge in [0.05, 0.1) is 5.56 Å². The highest BCUT2D eigenvalue weighted by Gasteiger charge is 2.46. The third-order valence-electron chi connectivity index (χ3n) is 5.00. The van der Waals surface area contributed by atoms with Gasteiger partial charge in [0.25, 0.3) is 11.8 Å². The molecule has 1 aromatic heterocycles. The van der Waals surface area contributed by atoms with E-state index in [0.29, 0.717) is 17.8 Å². The number of carbonyl (C=O) groups excluding carboxylic acids is 1. The lowest BCUT2D eigenvalue weighted by Crippen LogP contribution is -2.71. The van der Waals surface area contributed by atoms with Gasteiger partial charge in [0.15, 0.2) is 17.3 Å². The molecule has 2 unspecified atom stereocenters. The molecule has 2 aromatic rings. The molecule has 32 heavy (non-hydrogen) atoms. The number of aromatic nitrogens is 1. The molecule has 0 spiro atoms. The number of alkyl halides is 2.